The highest BCUT2D eigenvalue weighted by atomic mass is 19.4. The zero-order valence-electron chi connectivity index (χ0n) is 8.67. The lowest BCUT2D eigenvalue weighted by Crippen LogP contribution is -2.38. The van der Waals surface area contributed by atoms with Crippen molar-refractivity contribution in [3.8, 4) is 0 Å². The molecule has 1 aromatic rings. The minimum atomic E-state index is -4.08. The van der Waals surface area contributed by atoms with Crippen LogP contribution in [-0.4, -0.2) is 17.7 Å². The van der Waals surface area contributed by atoms with Crippen LogP contribution >= 0.6 is 0 Å². The third kappa shape index (κ3) is 2.52. The molecular weight excluding hydrogens is 217 g/mol. The standard InChI is InChI=1S/C11H13F3N2/c12-11(13,14)9-3-5-16-10(6-9)8-2-1-4-15-7-8/h1-2,4,7,9-10,16H,3,5-6H2. The molecule has 2 rings (SSSR count). The summed E-state index contributed by atoms with van der Waals surface area (Å²) in [5, 5.41) is 3.10. The van der Waals surface area contributed by atoms with Crippen molar-refractivity contribution in [1.82, 2.24) is 10.3 Å². The Hall–Kier alpha value is -1.10. The lowest BCUT2D eigenvalue weighted by atomic mass is 9.89. The number of halogens is 3. The Morgan fingerprint density at radius 1 is 1.38 bits per heavy atom. The van der Waals surface area contributed by atoms with Crippen molar-refractivity contribution in [2.75, 3.05) is 6.54 Å². The molecule has 0 spiro atoms. The van der Waals surface area contributed by atoms with Crippen molar-refractivity contribution < 1.29 is 13.2 Å². The van der Waals surface area contributed by atoms with Gasteiger partial charge < -0.3 is 5.32 Å². The molecule has 1 N–H and O–H groups in total. The van der Waals surface area contributed by atoms with Gasteiger partial charge in [0.2, 0.25) is 0 Å². The normalized spacial score (nSPS) is 26.7. The van der Waals surface area contributed by atoms with Gasteiger partial charge in [-0.25, -0.2) is 0 Å². The van der Waals surface area contributed by atoms with Gasteiger partial charge in [-0.05, 0) is 31.0 Å². The number of hydrogen-bond donors (Lipinski definition) is 1. The van der Waals surface area contributed by atoms with Gasteiger partial charge >= 0.3 is 6.18 Å². The molecule has 2 nitrogen and oxygen atoms in total. The van der Waals surface area contributed by atoms with E-state index in [1.807, 2.05) is 6.07 Å². The highest BCUT2D eigenvalue weighted by Gasteiger charge is 2.42. The van der Waals surface area contributed by atoms with Crippen LogP contribution < -0.4 is 5.32 Å². The SMILES string of the molecule is FC(F)(F)C1CCNC(c2cccnc2)C1. The molecule has 0 amide bonds. The van der Waals surface area contributed by atoms with E-state index in [1.165, 1.54) is 0 Å². The summed E-state index contributed by atoms with van der Waals surface area (Å²) in [6.07, 6.45) is -0.567. The maximum Gasteiger partial charge on any atom is 0.391 e. The number of nitrogens with one attached hydrogen (secondary N) is 1. The quantitative estimate of drug-likeness (QED) is 0.802. The zero-order chi connectivity index (χ0) is 11.6. The predicted octanol–water partition coefficient (Wildman–Crippen LogP) is 2.68. The Bertz CT molecular complexity index is 337. The van der Waals surface area contributed by atoms with Gasteiger partial charge in [0.1, 0.15) is 0 Å². The van der Waals surface area contributed by atoms with Crippen LogP contribution in [0.4, 0.5) is 13.2 Å². The van der Waals surface area contributed by atoms with Gasteiger partial charge in [-0.2, -0.15) is 13.2 Å². The number of pyridine rings is 1. The smallest absolute Gasteiger partial charge is 0.310 e. The van der Waals surface area contributed by atoms with Gasteiger partial charge in [-0.1, -0.05) is 6.07 Å². The second-order valence-electron chi connectivity index (χ2n) is 4.06. The van der Waals surface area contributed by atoms with Gasteiger partial charge in [0, 0.05) is 18.4 Å². The first-order chi connectivity index (χ1) is 7.57. The first-order valence-electron chi connectivity index (χ1n) is 5.27. The minimum absolute atomic E-state index is 0.106. The fourth-order valence-electron chi connectivity index (χ4n) is 2.05. The largest absolute Gasteiger partial charge is 0.391 e. The molecule has 0 bridgehead atoms. The molecule has 1 fully saturated rings. The van der Waals surface area contributed by atoms with Gasteiger partial charge in [0.05, 0.1) is 5.92 Å². The second kappa shape index (κ2) is 4.41. The van der Waals surface area contributed by atoms with Crippen LogP contribution in [-0.2, 0) is 0 Å². The van der Waals surface area contributed by atoms with E-state index in [1.54, 1.807) is 18.5 Å². The van der Waals surface area contributed by atoms with Crippen LogP contribution in [0.3, 0.4) is 0 Å². The van der Waals surface area contributed by atoms with Gasteiger partial charge in [-0.3, -0.25) is 4.98 Å². The summed E-state index contributed by atoms with van der Waals surface area (Å²) >= 11 is 0. The van der Waals surface area contributed by atoms with E-state index < -0.39 is 12.1 Å². The molecule has 1 saturated heterocycles. The molecular formula is C11H13F3N2. The Balaban J connectivity index is 2.08. The van der Waals surface area contributed by atoms with Crippen molar-refractivity contribution in [3.05, 3.63) is 30.1 Å². The number of piperidine rings is 1. The van der Waals surface area contributed by atoms with Crippen molar-refractivity contribution in [1.29, 1.82) is 0 Å². The van der Waals surface area contributed by atoms with Crippen molar-refractivity contribution in [2.45, 2.75) is 25.1 Å². The highest BCUT2D eigenvalue weighted by Crippen LogP contribution is 2.37. The van der Waals surface area contributed by atoms with Crippen molar-refractivity contribution in [3.63, 3.8) is 0 Å². The van der Waals surface area contributed by atoms with Crippen LogP contribution in [0.5, 0.6) is 0 Å². The molecule has 88 valence electrons. The van der Waals surface area contributed by atoms with E-state index in [-0.39, 0.29) is 18.9 Å². The maximum absolute atomic E-state index is 12.6. The molecule has 0 aliphatic carbocycles. The molecule has 2 unspecified atom stereocenters. The van der Waals surface area contributed by atoms with E-state index in [4.69, 9.17) is 0 Å². The van der Waals surface area contributed by atoms with Crippen LogP contribution in [0.1, 0.15) is 24.4 Å². The number of alkyl halides is 3. The summed E-state index contributed by atoms with van der Waals surface area (Å²) in [6, 6.07) is 3.33. The monoisotopic (exact) mass is 230 g/mol. The average Bonchev–Trinajstić information content (AvgIpc) is 2.29. The van der Waals surface area contributed by atoms with Crippen molar-refractivity contribution in [2.24, 2.45) is 5.92 Å². The molecule has 2 heterocycles. The molecule has 0 radical (unpaired) electrons. The van der Waals surface area contributed by atoms with Gasteiger partial charge in [-0.15, -0.1) is 0 Å². The van der Waals surface area contributed by atoms with Crippen LogP contribution in [0.2, 0.25) is 0 Å². The van der Waals surface area contributed by atoms with E-state index in [9.17, 15) is 13.2 Å². The van der Waals surface area contributed by atoms with Crippen molar-refractivity contribution >= 4 is 0 Å². The second-order valence-corrected chi connectivity index (χ2v) is 4.06. The number of aromatic nitrogens is 1. The molecule has 1 aliphatic rings. The number of rotatable bonds is 1. The first-order valence-corrected chi connectivity index (χ1v) is 5.27. The topological polar surface area (TPSA) is 24.9 Å². The summed E-state index contributed by atoms with van der Waals surface area (Å²) in [4.78, 5) is 3.93. The molecule has 1 aromatic heterocycles. The van der Waals surface area contributed by atoms with E-state index in [0.29, 0.717) is 6.54 Å². The molecule has 0 aromatic carbocycles. The summed E-state index contributed by atoms with van der Waals surface area (Å²) in [5.74, 6) is -1.20. The van der Waals surface area contributed by atoms with Crippen LogP contribution in [0, 0.1) is 5.92 Å². The maximum atomic E-state index is 12.6. The molecule has 0 saturated carbocycles. The highest BCUT2D eigenvalue weighted by molar-refractivity contribution is 5.14. The lowest BCUT2D eigenvalue weighted by Gasteiger charge is -2.31. The summed E-state index contributed by atoms with van der Waals surface area (Å²) < 4.78 is 37.8. The Kier molecular flexibility index (Phi) is 3.14. The molecule has 2 atom stereocenters. The van der Waals surface area contributed by atoms with Gasteiger partial charge in [0.15, 0.2) is 0 Å². The third-order valence-electron chi connectivity index (χ3n) is 2.95. The summed E-state index contributed by atoms with van der Waals surface area (Å²) in [5.41, 5.74) is 0.830. The van der Waals surface area contributed by atoms with E-state index in [2.05, 4.69) is 10.3 Å². The lowest BCUT2D eigenvalue weighted by molar-refractivity contribution is -0.183. The Morgan fingerprint density at radius 2 is 2.19 bits per heavy atom. The van der Waals surface area contributed by atoms with Crippen LogP contribution in [0.15, 0.2) is 24.5 Å². The number of nitrogens with zero attached hydrogens (tertiary/aromatic N) is 1. The third-order valence-corrected chi connectivity index (χ3v) is 2.95. The van der Waals surface area contributed by atoms with Crippen LogP contribution in [0.25, 0.3) is 0 Å². The molecule has 16 heavy (non-hydrogen) atoms. The Labute approximate surface area is 91.9 Å². The Morgan fingerprint density at radius 3 is 2.81 bits per heavy atom. The first kappa shape index (κ1) is 11.4. The van der Waals surface area contributed by atoms with Gasteiger partial charge in [0.25, 0.3) is 0 Å². The fraction of sp³-hybridized carbons (Fsp3) is 0.545. The summed E-state index contributed by atoms with van der Waals surface area (Å²) in [7, 11) is 0. The number of hydrogen-bond acceptors (Lipinski definition) is 2. The molecule has 1 aliphatic heterocycles. The van der Waals surface area contributed by atoms with E-state index >= 15 is 0 Å². The van der Waals surface area contributed by atoms with E-state index in [0.717, 1.165) is 5.56 Å². The minimum Gasteiger partial charge on any atom is -0.310 e. The summed E-state index contributed by atoms with van der Waals surface area (Å²) in [6.45, 7) is 0.406. The predicted molar refractivity (Wildman–Crippen MR) is 53.8 cm³/mol. The zero-order valence-corrected chi connectivity index (χ0v) is 8.67. The average molecular weight is 230 g/mol. The molecule has 5 heteroatoms. The fourth-order valence-corrected chi connectivity index (χ4v) is 2.05.